The van der Waals surface area contributed by atoms with Gasteiger partial charge in [-0.05, 0) is 29.8 Å². The minimum atomic E-state index is 0.671. The SMILES string of the molecule is COc1cccc(N2CCN(c3nc(-c4ccccn4)nc4scc(-c5ccccc5)c34)CC2)c1. The number of fused-ring (bicyclic) bond motifs is 1. The smallest absolute Gasteiger partial charge is 0.181 e. The average molecular weight is 480 g/mol. The molecule has 0 unspecified atom stereocenters. The molecule has 0 N–H and O–H groups in total. The molecule has 6 nitrogen and oxygen atoms in total. The van der Waals surface area contributed by atoms with E-state index in [1.165, 1.54) is 16.8 Å². The van der Waals surface area contributed by atoms with Gasteiger partial charge >= 0.3 is 0 Å². The van der Waals surface area contributed by atoms with Crippen molar-refractivity contribution in [1.29, 1.82) is 0 Å². The van der Waals surface area contributed by atoms with Crippen molar-refractivity contribution in [3.8, 4) is 28.4 Å². The third-order valence-electron chi connectivity index (χ3n) is 6.39. The number of aromatic nitrogens is 3. The molecule has 0 aliphatic carbocycles. The van der Waals surface area contributed by atoms with E-state index in [2.05, 4.69) is 56.6 Å². The van der Waals surface area contributed by atoms with E-state index in [1.54, 1.807) is 24.6 Å². The Hall–Kier alpha value is -3.97. The van der Waals surface area contributed by atoms with Crippen LogP contribution in [0.4, 0.5) is 11.5 Å². The molecular formula is C28H25N5OS. The molecule has 1 aliphatic rings. The molecule has 1 aliphatic heterocycles. The highest BCUT2D eigenvalue weighted by Gasteiger charge is 2.24. The van der Waals surface area contributed by atoms with E-state index in [0.717, 1.165) is 53.7 Å². The summed E-state index contributed by atoms with van der Waals surface area (Å²) in [6, 6.07) is 24.6. The number of pyridine rings is 1. The summed E-state index contributed by atoms with van der Waals surface area (Å²) in [6.07, 6.45) is 1.79. The first kappa shape index (κ1) is 21.6. The Morgan fingerprint density at radius 3 is 2.40 bits per heavy atom. The molecular weight excluding hydrogens is 454 g/mol. The van der Waals surface area contributed by atoms with Gasteiger partial charge in [-0.15, -0.1) is 11.3 Å². The molecule has 7 heteroatoms. The first-order valence-corrected chi connectivity index (χ1v) is 12.6. The third kappa shape index (κ3) is 4.19. The lowest BCUT2D eigenvalue weighted by molar-refractivity contribution is 0.414. The Kier molecular flexibility index (Phi) is 5.76. The molecule has 174 valence electrons. The molecule has 35 heavy (non-hydrogen) atoms. The highest BCUT2D eigenvalue weighted by Crippen LogP contribution is 2.39. The number of rotatable bonds is 5. The molecule has 3 aromatic heterocycles. The summed E-state index contributed by atoms with van der Waals surface area (Å²) < 4.78 is 5.43. The van der Waals surface area contributed by atoms with E-state index >= 15 is 0 Å². The number of piperazine rings is 1. The normalized spacial score (nSPS) is 13.9. The molecule has 1 fully saturated rings. The van der Waals surface area contributed by atoms with Crippen molar-refractivity contribution in [1.82, 2.24) is 15.0 Å². The quantitative estimate of drug-likeness (QED) is 0.320. The van der Waals surface area contributed by atoms with Crippen LogP contribution in [0.3, 0.4) is 0 Å². The molecule has 0 saturated carbocycles. The van der Waals surface area contributed by atoms with Crippen LogP contribution >= 0.6 is 11.3 Å². The molecule has 4 heterocycles. The molecule has 2 aromatic carbocycles. The van der Waals surface area contributed by atoms with E-state index in [9.17, 15) is 0 Å². The van der Waals surface area contributed by atoms with Gasteiger partial charge in [-0.25, -0.2) is 9.97 Å². The fourth-order valence-electron chi connectivity index (χ4n) is 4.58. The fourth-order valence-corrected chi connectivity index (χ4v) is 5.52. The van der Waals surface area contributed by atoms with Crippen LogP contribution in [0.2, 0.25) is 0 Å². The van der Waals surface area contributed by atoms with Crippen molar-refractivity contribution >= 4 is 33.1 Å². The molecule has 6 rings (SSSR count). The van der Waals surface area contributed by atoms with Crippen molar-refractivity contribution in [2.45, 2.75) is 0 Å². The number of nitrogens with zero attached hydrogens (tertiary/aromatic N) is 5. The number of ether oxygens (including phenoxy) is 1. The molecule has 0 bridgehead atoms. The maximum atomic E-state index is 5.43. The number of methoxy groups -OCH3 is 1. The summed E-state index contributed by atoms with van der Waals surface area (Å²) in [5.74, 6) is 2.54. The van der Waals surface area contributed by atoms with Crippen LogP contribution in [-0.4, -0.2) is 48.2 Å². The highest BCUT2D eigenvalue weighted by molar-refractivity contribution is 7.17. The number of hydrogen-bond acceptors (Lipinski definition) is 7. The maximum Gasteiger partial charge on any atom is 0.181 e. The van der Waals surface area contributed by atoms with Crippen LogP contribution in [0.5, 0.6) is 5.75 Å². The van der Waals surface area contributed by atoms with Crippen molar-refractivity contribution < 1.29 is 4.74 Å². The predicted molar refractivity (Wildman–Crippen MR) is 144 cm³/mol. The van der Waals surface area contributed by atoms with E-state index in [0.29, 0.717) is 5.82 Å². The van der Waals surface area contributed by atoms with Gasteiger partial charge in [0.1, 0.15) is 22.1 Å². The summed E-state index contributed by atoms with van der Waals surface area (Å²) >= 11 is 1.67. The van der Waals surface area contributed by atoms with E-state index < -0.39 is 0 Å². The Labute approximate surface area is 208 Å². The molecule has 5 aromatic rings. The van der Waals surface area contributed by atoms with Crippen LogP contribution in [0.15, 0.2) is 84.4 Å². The third-order valence-corrected chi connectivity index (χ3v) is 7.26. The molecule has 0 atom stereocenters. The van der Waals surface area contributed by atoms with Gasteiger partial charge in [0.05, 0.1) is 12.5 Å². The Morgan fingerprint density at radius 1 is 0.829 bits per heavy atom. The first-order valence-electron chi connectivity index (χ1n) is 11.7. The lowest BCUT2D eigenvalue weighted by atomic mass is 10.1. The van der Waals surface area contributed by atoms with Gasteiger partial charge in [-0.1, -0.05) is 42.5 Å². The van der Waals surface area contributed by atoms with Gasteiger partial charge in [0.25, 0.3) is 0 Å². The Morgan fingerprint density at radius 2 is 1.63 bits per heavy atom. The summed E-state index contributed by atoms with van der Waals surface area (Å²) in [5, 5.41) is 3.32. The van der Waals surface area contributed by atoms with Gasteiger partial charge < -0.3 is 14.5 Å². The topological polar surface area (TPSA) is 54.4 Å². The molecule has 0 spiro atoms. The van der Waals surface area contributed by atoms with Crippen LogP contribution in [-0.2, 0) is 0 Å². The standard InChI is InChI=1S/C28H25N5OS/c1-34-22-11-7-10-21(18-22)32-14-16-33(17-15-32)27-25-23(20-8-3-2-4-9-20)19-35-28(25)31-26(30-27)24-12-5-6-13-29-24/h2-13,18-19H,14-17H2,1H3. The lowest BCUT2D eigenvalue weighted by Crippen LogP contribution is -2.47. The number of anilines is 2. The number of hydrogen-bond donors (Lipinski definition) is 0. The fraction of sp³-hybridized carbons (Fsp3) is 0.179. The minimum absolute atomic E-state index is 0.671. The van der Waals surface area contributed by atoms with Gasteiger partial charge in [-0.3, -0.25) is 4.98 Å². The van der Waals surface area contributed by atoms with Crippen LogP contribution in [0.1, 0.15) is 0 Å². The second kappa shape index (κ2) is 9.35. The molecule has 1 saturated heterocycles. The van der Waals surface area contributed by atoms with E-state index in [4.69, 9.17) is 14.7 Å². The van der Waals surface area contributed by atoms with Crippen LogP contribution in [0, 0.1) is 0 Å². The monoisotopic (exact) mass is 479 g/mol. The van der Waals surface area contributed by atoms with E-state index in [1.807, 2.05) is 36.4 Å². The summed E-state index contributed by atoms with van der Waals surface area (Å²) in [7, 11) is 1.71. The van der Waals surface area contributed by atoms with Crippen molar-refractivity contribution in [2.75, 3.05) is 43.1 Å². The average Bonchev–Trinajstić information content (AvgIpc) is 3.38. The minimum Gasteiger partial charge on any atom is -0.497 e. The Bertz CT molecular complexity index is 1450. The Balaban J connectivity index is 1.39. The van der Waals surface area contributed by atoms with Gasteiger partial charge in [0.2, 0.25) is 0 Å². The lowest BCUT2D eigenvalue weighted by Gasteiger charge is -2.37. The number of thiophene rings is 1. The maximum absolute atomic E-state index is 5.43. The van der Waals surface area contributed by atoms with Crippen molar-refractivity contribution in [3.63, 3.8) is 0 Å². The second-order valence-corrected chi connectivity index (χ2v) is 9.32. The first-order chi connectivity index (χ1) is 17.3. The van der Waals surface area contributed by atoms with Crippen LogP contribution in [0.25, 0.3) is 32.9 Å². The largest absolute Gasteiger partial charge is 0.497 e. The zero-order valence-corrected chi connectivity index (χ0v) is 20.3. The zero-order chi connectivity index (χ0) is 23.6. The van der Waals surface area contributed by atoms with Crippen LogP contribution < -0.4 is 14.5 Å². The predicted octanol–water partition coefficient (Wildman–Crippen LogP) is 5.76. The van der Waals surface area contributed by atoms with E-state index in [-0.39, 0.29) is 0 Å². The second-order valence-electron chi connectivity index (χ2n) is 8.46. The van der Waals surface area contributed by atoms with Crippen molar-refractivity contribution in [3.05, 3.63) is 84.4 Å². The van der Waals surface area contributed by atoms with Gasteiger partial charge in [0, 0.05) is 55.1 Å². The summed E-state index contributed by atoms with van der Waals surface area (Å²) in [6.45, 7) is 3.55. The van der Waals surface area contributed by atoms with Gasteiger partial charge in [0.15, 0.2) is 5.82 Å². The molecule has 0 radical (unpaired) electrons. The summed E-state index contributed by atoms with van der Waals surface area (Å²) in [4.78, 5) is 20.3. The zero-order valence-electron chi connectivity index (χ0n) is 19.5. The highest BCUT2D eigenvalue weighted by atomic mass is 32.1. The van der Waals surface area contributed by atoms with Gasteiger partial charge in [-0.2, -0.15) is 0 Å². The molecule has 0 amide bonds. The van der Waals surface area contributed by atoms with Crippen molar-refractivity contribution in [2.24, 2.45) is 0 Å². The number of benzene rings is 2. The summed E-state index contributed by atoms with van der Waals surface area (Å²) in [5.41, 5.74) is 4.35.